The third-order valence-electron chi connectivity index (χ3n) is 4.47. The minimum atomic E-state index is 0.227. The molecule has 0 spiro atoms. The van der Waals surface area contributed by atoms with Gasteiger partial charge in [0.05, 0.1) is 5.25 Å². The van der Waals surface area contributed by atoms with Crippen molar-refractivity contribution < 1.29 is 0 Å². The molecular weight excluding hydrogens is 388 g/mol. The minimum absolute atomic E-state index is 0.227. The summed E-state index contributed by atoms with van der Waals surface area (Å²) < 4.78 is 0. The Morgan fingerprint density at radius 2 is 1.03 bits per heavy atom. The fourth-order valence-corrected chi connectivity index (χ4v) is 5.23. The van der Waals surface area contributed by atoms with Gasteiger partial charge < -0.3 is 0 Å². The van der Waals surface area contributed by atoms with Crippen molar-refractivity contribution in [2.24, 2.45) is 0 Å². The number of rotatable bonds is 7. The summed E-state index contributed by atoms with van der Waals surface area (Å²) in [6.07, 6.45) is 2.40. The zero-order chi connectivity index (χ0) is 19.7. The van der Waals surface area contributed by atoms with Gasteiger partial charge in [0.1, 0.15) is 0 Å². The van der Waals surface area contributed by atoms with Crippen molar-refractivity contribution in [3.63, 3.8) is 0 Å². The van der Waals surface area contributed by atoms with Gasteiger partial charge in [0.25, 0.3) is 0 Å². The van der Waals surface area contributed by atoms with E-state index >= 15 is 0 Å². The maximum atomic E-state index is 2.40. The lowest BCUT2D eigenvalue weighted by molar-refractivity contribution is 1.22. The molecule has 2 heteroatoms. The molecule has 0 aromatic heterocycles. The molecule has 4 aromatic carbocycles. The van der Waals surface area contributed by atoms with Crippen LogP contribution in [0, 0.1) is 0 Å². The van der Waals surface area contributed by atoms with Crippen molar-refractivity contribution >= 4 is 28.4 Å². The van der Waals surface area contributed by atoms with E-state index in [2.05, 4.69) is 127 Å². The summed E-state index contributed by atoms with van der Waals surface area (Å²) in [6.45, 7) is 0. The lowest BCUT2D eigenvalue weighted by Crippen LogP contribution is -1.92. The number of benzene rings is 4. The minimum Gasteiger partial charge on any atom is -0.114 e. The average molecular weight is 411 g/mol. The van der Waals surface area contributed by atoms with E-state index in [0.29, 0.717) is 0 Å². The van der Waals surface area contributed by atoms with Crippen molar-refractivity contribution in [1.29, 1.82) is 0 Å². The van der Waals surface area contributed by atoms with Gasteiger partial charge in [-0.25, -0.2) is 0 Å². The molecule has 0 aliphatic heterocycles. The topological polar surface area (TPSA) is 0 Å². The smallest absolute Gasteiger partial charge is 0.0538 e. The van der Waals surface area contributed by atoms with Gasteiger partial charge in [-0.05, 0) is 35.4 Å². The van der Waals surface area contributed by atoms with Gasteiger partial charge in [0, 0.05) is 14.7 Å². The highest BCUT2D eigenvalue weighted by Crippen LogP contribution is 2.42. The molecule has 0 fully saturated rings. The number of thioether (sulfide) groups is 2. The quantitative estimate of drug-likeness (QED) is 0.281. The summed E-state index contributed by atoms with van der Waals surface area (Å²) in [4.78, 5) is 3.79. The molecule has 0 aliphatic carbocycles. The van der Waals surface area contributed by atoms with Crippen LogP contribution in [0.2, 0.25) is 0 Å². The lowest BCUT2D eigenvalue weighted by atomic mass is 10.1. The van der Waals surface area contributed by atoms with E-state index in [1.54, 1.807) is 0 Å². The molecule has 1 atom stereocenters. The van der Waals surface area contributed by atoms with Gasteiger partial charge in [-0.3, -0.25) is 0 Å². The fraction of sp³-hybridized carbons (Fsp3) is 0.0370. The highest BCUT2D eigenvalue weighted by molar-refractivity contribution is 8.08. The largest absolute Gasteiger partial charge is 0.114 e. The highest BCUT2D eigenvalue weighted by Gasteiger charge is 2.14. The first-order valence-electron chi connectivity index (χ1n) is 9.65. The molecule has 0 saturated heterocycles. The van der Waals surface area contributed by atoms with Crippen LogP contribution in [-0.4, -0.2) is 0 Å². The zero-order valence-corrected chi connectivity index (χ0v) is 17.7. The summed E-state index contributed by atoms with van der Waals surface area (Å²) in [6, 6.07) is 42.6. The molecule has 29 heavy (non-hydrogen) atoms. The molecule has 0 N–H and O–H groups in total. The van der Waals surface area contributed by atoms with Gasteiger partial charge >= 0.3 is 0 Å². The highest BCUT2D eigenvalue weighted by atomic mass is 32.2. The SMILES string of the molecule is C(=C(/Sc1ccccc1)c1ccccc1)/C(Sc1ccccc1)c1ccccc1. The first-order valence-corrected chi connectivity index (χ1v) is 11.3. The van der Waals surface area contributed by atoms with Crippen molar-refractivity contribution in [2.75, 3.05) is 0 Å². The second-order valence-electron chi connectivity index (χ2n) is 6.57. The number of hydrogen-bond donors (Lipinski definition) is 0. The Bertz CT molecular complexity index is 1030. The maximum Gasteiger partial charge on any atom is 0.0538 e. The van der Waals surface area contributed by atoms with Crippen molar-refractivity contribution in [3.05, 3.63) is 139 Å². The van der Waals surface area contributed by atoms with E-state index in [1.165, 1.54) is 25.8 Å². The summed E-state index contributed by atoms with van der Waals surface area (Å²) in [7, 11) is 0. The van der Waals surface area contributed by atoms with Crippen LogP contribution in [0.1, 0.15) is 16.4 Å². The van der Waals surface area contributed by atoms with E-state index < -0.39 is 0 Å². The Morgan fingerprint density at radius 1 is 0.552 bits per heavy atom. The summed E-state index contributed by atoms with van der Waals surface area (Å²) in [5.41, 5.74) is 2.55. The van der Waals surface area contributed by atoms with Gasteiger partial charge in [-0.1, -0.05) is 115 Å². The predicted molar refractivity (Wildman–Crippen MR) is 128 cm³/mol. The summed E-state index contributed by atoms with van der Waals surface area (Å²) in [5.74, 6) is 0. The standard InChI is InChI=1S/C27H22S2/c1-5-13-22(14-6-1)26(28-24-17-9-3-10-18-24)21-27(23-15-7-2-8-16-23)29-25-19-11-4-12-20-25/h1-21,26H/b27-21-. The Hall–Kier alpha value is -2.68. The van der Waals surface area contributed by atoms with Crippen molar-refractivity contribution in [1.82, 2.24) is 0 Å². The molecule has 0 amide bonds. The van der Waals surface area contributed by atoms with Crippen LogP contribution >= 0.6 is 23.5 Å². The van der Waals surface area contributed by atoms with Crippen LogP contribution in [0.3, 0.4) is 0 Å². The third-order valence-corrected chi connectivity index (χ3v) is 6.77. The average Bonchev–Trinajstić information content (AvgIpc) is 2.81. The third kappa shape index (κ3) is 5.66. The first-order chi connectivity index (χ1) is 14.4. The Labute approximate surface area is 181 Å². The normalized spacial score (nSPS) is 12.5. The fourth-order valence-electron chi connectivity index (χ4n) is 3.03. The molecule has 4 rings (SSSR count). The van der Waals surface area contributed by atoms with Crippen molar-refractivity contribution in [3.8, 4) is 0 Å². The van der Waals surface area contributed by atoms with E-state index in [-0.39, 0.29) is 5.25 Å². The second kappa shape index (κ2) is 10.2. The van der Waals surface area contributed by atoms with Crippen molar-refractivity contribution in [2.45, 2.75) is 15.0 Å². The Kier molecular flexibility index (Phi) is 6.90. The summed E-state index contributed by atoms with van der Waals surface area (Å²) in [5, 5.41) is 0.227. The molecule has 4 aromatic rings. The molecule has 0 nitrogen and oxygen atoms in total. The molecule has 1 unspecified atom stereocenters. The Balaban J connectivity index is 1.74. The van der Waals surface area contributed by atoms with Gasteiger partial charge in [-0.2, -0.15) is 0 Å². The van der Waals surface area contributed by atoms with Gasteiger partial charge in [-0.15, -0.1) is 11.8 Å². The van der Waals surface area contributed by atoms with E-state index in [0.717, 1.165) is 0 Å². The van der Waals surface area contributed by atoms with Crippen LogP contribution in [-0.2, 0) is 0 Å². The maximum absolute atomic E-state index is 2.40. The molecule has 0 radical (unpaired) electrons. The van der Waals surface area contributed by atoms with Crippen LogP contribution in [0.25, 0.3) is 4.91 Å². The molecule has 0 heterocycles. The zero-order valence-electron chi connectivity index (χ0n) is 16.0. The van der Waals surface area contributed by atoms with E-state index in [9.17, 15) is 0 Å². The van der Waals surface area contributed by atoms with Crippen LogP contribution in [0.15, 0.2) is 137 Å². The van der Waals surface area contributed by atoms with Gasteiger partial charge in [0.2, 0.25) is 0 Å². The van der Waals surface area contributed by atoms with Crippen LogP contribution in [0.4, 0.5) is 0 Å². The van der Waals surface area contributed by atoms with E-state index in [4.69, 9.17) is 0 Å². The Morgan fingerprint density at radius 3 is 1.62 bits per heavy atom. The van der Waals surface area contributed by atoms with E-state index in [1.807, 2.05) is 23.5 Å². The number of hydrogen-bond acceptors (Lipinski definition) is 2. The predicted octanol–water partition coefficient (Wildman–Crippen LogP) is 8.35. The first kappa shape index (κ1) is 19.6. The molecule has 0 saturated carbocycles. The second-order valence-corrected chi connectivity index (χ2v) is 8.90. The molecule has 0 bridgehead atoms. The van der Waals surface area contributed by atoms with Gasteiger partial charge in [0.15, 0.2) is 0 Å². The lowest BCUT2D eigenvalue weighted by Gasteiger charge is -2.16. The molecular formula is C27H22S2. The molecule has 0 aliphatic rings. The molecule has 142 valence electrons. The van der Waals surface area contributed by atoms with Crippen LogP contribution in [0.5, 0.6) is 0 Å². The monoisotopic (exact) mass is 410 g/mol. The van der Waals surface area contributed by atoms with Crippen LogP contribution < -0.4 is 0 Å². The summed E-state index contributed by atoms with van der Waals surface area (Å²) >= 11 is 3.71.